The molecule has 0 unspecified atom stereocenters. The summed E-state index contributed by atoms with van der Waals surface area (Å²) in [7, 11) is 0. The predicted molar refractivity (Wildman–Crippen MR) is 103 cm³/mol. The van der Waals surface area contributed by atoms with E-state index in [1.54, 1.807) is 11.8 Å². The summed E-state index contributed by atoms with van der Waals surface area (Å²) in [6, 6.07) is 12.2. The van der Waals surface area contributed by atoms with Crippen molar-refractivity contribution in [2.24, 2.45) is 0 Å². The van der Waals surface area contributed by atoms with Gasteiger partial charge >= 0.3 is 0 Å². The second-order valence-electron chi connectivity index (χ2n) is 5.88. The van der Waals surface area contributed by atoms with Crippen LogP contribution >= 0.6 is 23.1 Å². The van der Waals surface area contributed by atoms with Gasteiger partial charge < -0.3 is 5.32 Å². The van der Waals surface area contributed by atoms with E-state index >= 15 is 0 Å². The summed E-state index contributed by atoms with van der Waals surface area (Å²) in [5, 5.41) is 5.17. The molecule has 4 nitrogen and oxygen atoms in total. The molecule has 2 heterocycles. The molecule has 0 bridgehead atoms. The van der Waals surface area contributed by atoms with Crippen LogP contribution in [-0.4, -0.2) is 54.7 Å². The average molecular weight is 362 g/mol. The Morgan fingerprint density at radius 2 is 1.88 bits per heavy atom. The van der Waals surface area contributed by atoms with E-state index in [4.69, 9.17) is 0 Å². The minimum Gasteiger partial charge on any atom is -0.324 e. The van der Waals surface area contributed by atoms with Crippen molar-refractivity contribution in [3.63, 3.8) is 0 Å². The Morgan fingerprint density at radius 3 is 2.58 bits per heavy atom. The zero-order valence-electron chi connectivity index (χ0n) is 13.9. The van der Waals surface area contributed by atoms with Crippen molar-refractivity contribution in [3.8, 4) is 0 Å². The van der Waals surface area contributed by atoms with Crippen LogP contribution in [0.2, 0.25) is 0 Å². The molecule has 6 heteroatoms. The third-order valence-electron chi connectivity index (χ3n) is 4.17. The van der Waals surface area contributed by atoms with Crippen LogP contribution in [0.5, 0.6) is 0 Å². The second kappa shape index (κ2) is 8.67. The van der Waals surface area contributed by atoms with Gasteiger partial charge in [0.15, 0.2) is 0 Å². The standard InChI is InChI=1S/C18H23N3OS2/c1-23-17-7-3-2-6-16(17)19-18(22)14-21-10-8-20(9-11-21)13-15-5-4-12-24-15/h2-7,12H,8-11,13-14H2,1H3,(H,19,22). The van der Waals surface area contributed by atoms with Crippen molar-refractivity contribution in [2.45, 2.75) is 11.4 Å². The number of amides is 1. The minimum absolute atomic E-state index is 0.0724. The second-order valence-corrected chi connectivity index (χ2v) is 7.76. The van der Waals surface area contributed by atoms with Crippen molar-refractivity contribution >= 4 is 34.7 Å². The quantitative estimate of drug-likeness (QED) is 0.802. The van der Waals surface area contributed by atoms with Gasteiger partial charge in [0.25, 0.3) is 0 Å². The lowest BCUT2D eigenvalue weighted by atomic mass is 10.3. The SMILES string of the molecule is CSc1ccccc1NC(=O)CN1CCN(Cc2cccs2)CC1. The fraction of sp³-hybridized carbons (Fsp3) is 0.389. The van der Waals surface area contributed by atoms with Gasteiger partial charge in [-0.2, -0.15) is 0 Å². The summed E-state index contributed by atoms with van der Waals surface area (Å²) in [6.45, 7) is 5.43. The van der Waals surface area contributed by atoms with Gasteiger partial charge in [0.2, 0.25) is 5.91 Å². The van der Waals surface area contributed by atoms with Crippen molar-refractivity contribution in [2.75, 3.05) is 44.3 Å². The van der Waals surface area contributed by atoms with Crippen LogP contribution < -0.4 is 5.32 Å². The highest BCUT2D eigenvalue weighted by molar-refractivity contribution is 7.98. The molecule has 24 heavy (non-hydrogen) atoms. The number of piperazine rings is 1. The van der Waals surface area contributed by atoms with E-state index in [2.05, 4.69) is 32.6 Å². The number of anilines is 1. The zero-order chi connectivity index (χ0) is 16.8. The lowest BCUT2D eigenvalue weighted by Crippen LogP contribution is -2.48. The number of carbonyl (C=O) groups is 1. The van der Waals surface area contributed by atoms with Crippen molar-refractivity contribution in [1.29, 1.82) is 0 Å². The monoisotopic (exact) mass is 361 g/mol. The molecule has 1 N–H and O–H groups in total. The molecule has 1 fully saturated rings. The Morgan fingerprint density at radius 1 is 1.12 bits per heavy atom. The van der Waals surface area contributed by atoms with Crippen molar-refractivity contribution < 1.29 is 4.79 Å². The third-order valence-corrected chi connectivity index (χ3v) is 5.83. The maximum absolute atomic E-state index is 12.3. The molecular weight excluding hydrogens is 338 g/mol. The number of hydrogen-bond donors (Lipinski definition) is 1. The molecule has 0 aliphatic carbocycles. The molecule has 0 radical (unpaired) electrons. The highest BCUT2D eigenvalue weighted by atomic mass is 32.2. The van der Waals surface area contributed by atoms with Crippen LogP contribution in [0.15, 0.2) is 46.7 Å². The lowest BCUT2D eigenvalue weighted by Gasteiger charge is -2.34. The Balaban J connectivity index is 1.44. The first-order valence-electron chi connectivity index (χ1n) is 8.14. The molecule has 1 aliphatic rings. The summed E-state index contributed by atoms with van der Waals surface area (Å²) in [4.78, 5) is 19.5. The van der Waals surface area contributed by atoms with Crippen LogP contribution in [0, 0.1) is 0 Å². The summed E-state index contributed by atoms with van der Waals surface area (Å²) >= 11 is 3.46. The van der Waals surface area contributed by atoms with Crippen LogP contribution in [-0.2, 0) is 11.3 Å². The van der Waals surface area contributed by atoms with Gasteiger partial charge in [-0.25, -0.2) is 0 Å². The van der Waals surface area contributed by atoms with Crippen LogP contribution in [0.4, 0.5) is 5.69 Å². The van der Waals surface area contributed by atoms with Gasteiger partial charge in [0, 0.05) is 42.5 Å². The predicted octanol–water partition coefficient (Wildman–Crippen LogP) is 3.23. The number of nitrogens with one attached hydrogen (secondary N) is 1. The number of thiophene rings is 1. The van der Waals surface area contributed by atoms with E-state index in [1.807, 2.05) is 41.9 Å². The topological polar surface area (TPSA) is 35.6 Å². The van der Waals surface area contributed by atoms with E-state index in [0.29, 0.717) is 6.54 Å². The van der Waals surface area contributed by atoms with E-state index in [-0.39, 0.29) is 5.91 Å². The van der Waals surface area contributed by atoms with Gasteiger partial charge in [0.05, 0.1) is 12.2 Å². The molecule has 0 saturated carbocycles. The van der Waals surface area contributed by atoms with Gasteiger partial charge in [-0.1, -0.05) is 18.2 Å². The van der Waals surface area contributed by atoms with Crippen LogP contribution in [0.1, 0.15) is 4.88 Å². The van der Waals surface area contributed by atoms with Crippen LogP contribution in [0.3, 0.4) is 0 Å². The number of rotatable bonds is 6. The Kier molecular flexibility index (Phi) is 6.31. The Bertz CT molecular complexity index is 652. The zero-order valence-corrected chi connectivity index (χ0v) is 15.5. The maximum atomic E-state index is 12.3. The number of nitrogens with zero attached hydrogens (tertiary/aromatic N) is 2. The molecule has 128 valence electrons. The molecular formula is C18H23N3OS2. The van der Waals surface area contributed by atoms with Gasteiger partial charge in [0.1, 0.15) is 0 Å². The minimum atomic E-state index is 0.0724. The average Bonchev–Trinajstić information content (AvgIpc) is 3.10. The molecule has 0 atom stereocenters. The fourth-order valence-electron chi connectivity index (χ4n) is 2.87. The van der Waals surface area contributed by atoms with E-state index in [1.165, 1.54) is 4.88 Å². The van der Waals surface area contributed by atoms with E-state index in [9.17, 15) is 4.79 Å². The van der Waals surface area contributed by atoms with Crippen LogP contribution in [0.25, 0.3) is 0 Å². The molecule has 1 aromatic heterocycles. The largest absolute Gasteiger partial charge is 0.324 e. The molecule has 1 aliphatic heterocycles. The maximum Gasteiger partial charge on any atom is 0.238 e. The molecule has 1 aromatic carbocycles. The van der Waals surface area contributed by atoms with E-state index in [0.717, 1.165) is 43.3 Å². The molecule has 3 rings (SSSR count). The summed E-state index contributed by atoms with van der Waals surface area (Å²) in [5.41, 5.74) is 0.909. The molecule has 1 saturated heterocycles. The number of carbonyl (C=O) groups excluding carboxylic acids is 1. The molecule has 1 amide bonds. The summed E-state index contributed by atoms with van der Waals surface area (Å²) < 4.78 is 0. The summed E-state index contributed by atoms with van der Waals surface area (Å²) in [6.07, 6.45) is 2.03. The highest BCUT2D eigenvalue weighted by Gasteiger charge is 2.19. The number of para-hydroxylation sites is 1. The van der Waals surface area contributed by atoms with Gasteiger partial charge in [-0.3, -0.25) is 14.6 Å². The first kappa shape index (κ1) is 17.5. The highest BCUT2D eigenvalue weighted by Crippen LogP contribution is 2.24. The third kappa shape index (κ3) is 4.83. The van der Waals surface area contributed by atoms with Crippen molar-refractivity contribution in [1.82, 2.24) is 9.80 Å². The number of hydrogen-bond acceptors (Lipinski definition) is 5. The Hall–Kier alpha value is -1.34. The molecule has 2 aromatic rings. The number of benzene rings is 1. The lowest BCUT2D eigenvalue weighted by molar-refractivity contribution is -0.117. The molecule has 0 spiro atoms. The van der Waals surface area contributed by atoms with Gasteiger partial charge in [-0.05, 0) is 29.8 Å². The fourth-order valence-corrected chi connectivity index (χ4v) is 4.17. The summed E-state index contributed by atoms with van der Waals surface area (Å²) in [5.74, 6) is 0.0724. The normalized spacial score (nSPS) is 16.2. The first-order valence-corrected chi connectivity index (χ1v) is 10.2. The smallest absolute Gasteiger partial charge is 0.238 e. The van der Waals surface area contributed by atoms with Crippen molar-refractivity contribution in [3.05, 3.63) is 46.7 Å². The number of thioether (sulfide) groups is 1. The Labute approximate surface area is 151 Å². The first-order chi connectivity index (χ1) is 11.7. The van der Waals surface area contributed by atoms with Gasteiger partial charge in [-0.15, -0.1) is 23.1 Å². The van der Waals surface area contributed by atoms with E-state index < -0.39 is 0 Å².